The molecule has 190 valence electrons. The molecule has 0 saturated carbocycles. The van der Waals surface area contributed by atoms with E-state index in [1.165, 1.54) is 29.0 Å². The maximum atomic E-state index is 13.2. The van der Waals surface area contributed by atoms with Gasteiger partial charge in [-0.15, -0.1) is 0 Å². The normalized spacial score (nSPS) is 12.6. The number of amides is 2. The number of hydrogen-bond donors (Lipinski definition) is 3. The molecule has 3 aromatic carbocycles. The molecule has 12 heteroatoms. The molecule has 7 nitrogen and oxygen atoms in total. The van der Waals surface area contributed by atoms with Crippen LogP contribution in [0.3, 0.4) is 0 Å². The number of anilines is 1. The molecule has 3 N–H and O–H groups in total. The molecule has 36 heavy (non-hydrogen) atoms. The number of alkyl halides is 3. The molecule has 0 spiro atoms. The van der Waals surface area contributed by atoms with Crippen LogP contribution in [0.1, 0.15) is 15.9 Å². The number of carbonyl (C=O) groups excluding carboxylic acids is 2. The average molecular weight is 524 g/mol. The molecular formula is C24H21F4N3O4S. The lowest BCUT2D eigenvalue weighted by Gasteiger charge is -2.19. The van der Waals surface area contributed by atoms with Crippen molar-refractivity contribution in [2.24, 2.45) is 0 Å². The molecule has 3 rings (SSSR count). The molecule has 0 unspecified atom stereocenters. The van der Waals surface area contributed by atoms with Gasteiger partial charge in [0.1, 0.15) is 18.4 Å². The fraction of sp³-hybridized carbons (Fsp3) is 0.167. The van der Waals surface area contributed by atoms with Crippen molar-refractivity contribution < 1.29 is 35.6 Å². The number of halogens is 4. The van der Waals surface area contributed by atoms with Crippen LogP contribution in [0.5, 0.6) is 0 Å². The summed E-state index contributed by atoms with van der Waals surface area (Å²) >= 11 is 0. The fourth-order valence-electron chi connectivity index (χ4n) is 3.11. The van der Waals surface area contributed by atoms with Gasteiger partial charge in [-0.1, -0.05) is 30.3 Å². The van der Waals surface area contributed by atoms with Gasteiger partial charge in [0.25, 0.3) is 5.91 Å². The Kier molecular flexibility index (Phi) is 8.43. The molecular weight excluding hydrogens is 502 g/mol. The van der Waals surface area contributed by atoms with Crippen molar-refractivity contribution in [1.82, 2.24) is 10.0 Å². The van der Waals surface area contributed by atoms with Crippen molar-refractivity contribution in [3.8, 4) is 0 Å². The van der Waals surface area contributed by atoms with Crippen LogP contribution in [-0.2, 0) is 21.2 Å². The zero-order valence-corrected chi connectivity index (χ0v) is 19.4. The predicted molar refractivity (Wildman–Crippen MR) is 124 cm³/mol. The maximum Gasteiger partial charge on any atom is 0.402 e. The predicted octanol–water partition coefficient (Wildman–Crippen LogP) is 3.65. The lowest BCUT2D eigenvalue weighted by molar-refractivity contribution is -0.121. The number of rotatable bonds is 9. The van der Waals surface area contributed by atoms with Gasteiger partial charge in [-0.3, -0.25) is 9.59 Å². The van der Waals surface area contributed by atoms with Gasteiger partial charge in [0.2, 0.25) is 15.9 Å². The Morgan fingerprint density at radius 1 is 0.861 bits per heavy atom. The zero-order valence-electron chi connectivity index (χ0n) is 18.6. The minimum absolute atomic E-state index is 0.118. The first-order valence-electron chi connectivity index (χ1n) is 10.5. The molecule has 0 saturated heterocycles. The van der Waals surface area contributed by atoms with E-state index in [4.69, 9.17) is 0 Å². The molecule has 1 atom stereocenters. The maximum absolute atomic E-state index is 13.2. The molecule has 0 aromatic heterocycles. The molecule has 2 amide bonds. The fourth-order valence-corrected chi connectivity index (χ4v) is 4.12. The summed E-state index contributed by atoms with van der Waals surface area (Å²) in [7, 11) is -4.41. The van der Waals surface area contributed by atoms with Gasteiger partial charge in [-0.25, -0.2) is 17.5 Å². The summed E-state index contributed by atoms with van der Waals surface area (Å²) in [6.07, 6.45) is -4.60. The number of sulfonamides is 1. The van der Waals surface area contributed by atoms with E-state index in [0.29, 0.717) is 0 Å². The SMILES string of the molecule is O=C(N[C@@H](Cc1ccccc1)C(=O)Nc1ccc(S(=O)(=O)NCC(F)(F)F)cc1)c1ccc(F)cc1. The van der Waals surface area contributed by atoms with Crippen molar-refractivity contribution in [2.75, 3.05) is 11.9 Å². The minimum Gasteiger partial charge on any atom is -0.340 e. The second-order valence-electron chi connectivity index (χ2n) is 7.68. The molecule has 0 aliphatic carbocycles. The summed E-state index contributed by atoms with van der Waals surface area (Å²) in [4.78, 5) is 25.2. The van der Waals surface area contributed by atoms with Crippen LogP contribution in [-0.4, -0.2) is 39.0 Å². The molecule has 0 fully saturated rings. The Labute approximate surface area is 204 Å². The molecule has 0 heterocycles. The van der Waals surface area contributed by atoms with Crippen molar-refractivity contribution in [1.29, 1.82) is 0 Å². The van der Waals surface area contributed by atoms with E-state index in [2.05, 4.69) is 10.6 Å². The van der Waals surface area contributed by atoms with Crippen molar-refractivity contribution in [3.05, 3.63) is 95.8 Å². The van der Waals surface area contributed by atoms with E-state index >= 15 is 0 Å². The summed E-state index contributed by atoms with van der Waals surface area (Å²) in [5, 5.41) is 5.16. The Bertz CT molecular complexity index is 1300. The van der Waals surface area contributed by atoms with Crippen LogP contribution in [0.4, 0.5) is 23.2 Å². The first kappa shape index (κ1) is 26.8. The van der Waals surface area contributed by atoms with Gasteiger partial charge < -0.3 is 10.6 Å². The lowest BCUT2D eigenvalue weighted by atomic mass is 10.0. The van der Waals surface area contributed by atoms with Gasteiger partial charge in [-0.05, 0) is 54.1 Å². The molecule has 0 aliphatic rings. The van der Waals surface area contributed by atoms with Crippen LogP contribution in [0.2, 0.25) is 0 Å². The molecule has 0 bridgehead atoms. The highest BCUT2D eigenvalue weighted by atomic mass is 32.2. The Hall–Kier alpha value is -3.77. The number of benzene rings is 3. The van der Waals surface area contributed by atoms with Gasteiger partial charge in [-0.2, -0.15) is 13.2 Å². The molecule has 0 radical (unpaired) electrons. The van der Waals surface area contributed by atoms with Crippen LogP contribution >= 0.6 is 0 Å². The Morgan fingerprint density at radius 2 is 1.47 bits per heavy atom. The largest absolute Gasteiger partial charge is 0.402 e. The summed E-state index contributed by atoms with van der Waals surface area (Å²) in [5.74, 6) is -1.76. The summed E-state index contributed by atoms with van der Waals surface area (Å²) in [6, 6.07) is 17.0. The monoisotopic (exact) mass is 523 g/mol. The standard InChI is InChI=1S/C24H21F4N3O4S/c25-18-8-6-17(7-9-18)22(32)31-21(14-16-4-2-1-3-5-16)23(33)30-19-10-12-20(13-11-19)36(34,35)29-15-24(26,27)28/h1-13,21,29H,14-15H2,(H,30,33)(H,31,32)/t21-/m0/s1. The Morgan fingerprint density at radius 3 is 2.06 bits per heavy atom. The average Bonchev–Trinajstić information content (AvgIpc) is 2.83. The lowest BCUT2D eigenvalue weighted by Crippen LogP contribution is -2.45. The third kappa shape index (κ3) is 7.89. The highest BCUT2D eigenvalue weighted by molar-refractivity contribution is 7.89. The number of nitrogens with one attached hydrogen (secondary N) is 3. The van der Waals surface area contributed by atoms with E-state index < -0.39 is 51.3 Å². The van der Waals surface area contributed by atoms with Crippen molar-refractivity contribution in [3.63, 3.8) is 0 Å². The van der Waals surface area contributed by atoms with E-state index in [0.717, 1.165) is 29.8 Å². The van der Waals surface area contributed by atoms with Gasteiger partial charge >= 0.3 is 6.18 Å². The van der Waals surface area contributed by atoms with Crippen LogP contribution in [0, 0.1) is 5.82 Å². The van der Waals surface area contributed by atoms with Gasteiger partial charge in [0, 0.05) is 17.7 Å². The van der Waals surface area contributed by atoms with Crippen molar-refractivity contribution >= 4 is 27.5 Å². The quantitative estimate of drug-likeness (QED) is 0.373. The second-order valence-corrected chi connectivity index (χ2v) is 9.44. The second kappa shape index (κ2) is 11.3. The third-order valence-electron chi connectivity index (χ3n) is 4.91. The van der Waals surface area contributed by atoms with E-state index in [9.17, 15) is 35.6 Å². The molecule has 0 aliphatic heterocycles. The summed E-state index contributed by atoms with van der Waals surface area (Å²) in [6.45, 7) is -1.72. The van der Waals surface area contributed by atoms with Gasteiger partial charge in [0.15, 0.2) is 0 Å². The summed E-state index contributed by atoms with van der Waals surface area (Å²) < 4.78 is 75.7. The van der Waals surface area contributed by atoms with E-state index in [1.54, 1.807) is 30.3 Å². The first-order chi connectivity index (χ1) is 16.9. The number of carbonyl (C=O) groups is 2. The van der Waals surface area contributed by atoms with Crippen LogP contribution < -0.4 is 15.4 Å². The van der Waals surface area contributed by atoms with Gasteiger partial charge in [0.05, 0.1) is 4.90 Å². The Balaban J connectivity index is 1.74. The van der Waals surface area contributed by atoms with Crippen molar-refractivity contribution in [2.45, 2.75) is 23.5 Å². The van der Waals surface area contributed by atoms with Crippen LogP contribution in [0.25, 0.3) is 0 Å². The van der Waals surface area contributed by atoms with Crippen LogP contribution in [0.15, 0.2) is 83.8 Å². The highest BCUT2D eigenvalue weighted by Crippen LogP contribution is 2.18. The smallest absolute Gasteiger partial charge is 0.340 e. The van der Waals surface area contributed by atoms with E-state index in [1.807, 2.05) is 0 Å². The third-order valence-corrected chi connectivity index (χ3v) is 6.32. The zero-order chi connectivity index (χ0) is 26.3. The summed E-state index contributed by atoms with van der Waals surface area (Å²) in [5.41, 5.74) is 1.04. The number of hydrogen-bond acceptors (Lipinski definition) is 4. The first-order valence-corrected chi connectivity index (χ1v) is 12.0. The highest BCUT2D eigenvalue weighted by Gasteiger charge is 2.30. The minimum atomic E-state index is -4.72. The topological polar surface area (TPSA) is 104 Å². The van der Waals surface area contributed by atoms with E-state index in [-0.39, 0.29) is 17.7 Å². The molecule has 3 aromatic rings.